The normalized spacial score (nSPS) is 20.6. The molecule has 1 fully saturated rings. The summed E-state index contributed by atoms with van der Waals surface area (Å²) in [7, 11) is 0. The fraction of sp³-hybridized carbons (Fsp3) is 0.462. The molecule has 1 aromatic carbocycles. The molecule has 7 heteroatoms. The van der Waals surface area contributed by atoms with E-state index in [4.69, 9.17) is 4.74 Å². The molecular weight excluding hydrogens is 334 g/mol. The van der Waals surface area contributed by atoms with Gasteiger partial charge in [-0.2, -0.15) is 0 Å². The Morgan fingerprint density at radius 3 is 2.75 bits per heavy atom. The number of nitrogens with one attached hydrogen (secondary N) is 2. The summed E-state index contributed by atoms with van der Waals surface area (Å²) in [5, 5.41) is 5.08. The van der Waals surface area contributed by atoms with Crippen LogP contribution in [0.4, 0.5) is 8.78 Å². The Morgan fingerprint density at radius 2 is 2.15 bits per heavy atom. The summed E-state index contributed by atoms with van der Waals surface area (Å²) in [6.45, 7) is 0.121. The molecule has 0 aromatic heterocycles. The first-order valence-electron chi connectivity index (χ1n) is 6.24. The number of rotatable bonds is 5. The van der Waals surface area contributed by atoms with Crippen molar-refractivity contribution >= 4 is 21.8 Å². The largest absolute Gasteiger partial charge is 0.492 e. The van der Waals surface area contributed by atoms with Crippen LogP contribution < -0.4 is 15.4 Å². The summed E-state index contributed by atoms with van der Waals surface area (Å²) < 4.78 is 32.2. The molecular formula is C13H15BrF2N2O2. The van der Waals surface area contributed by atoms with E-state index in [1.165, 1.54) is 0 Å². The molecule has 0 spiro atoms. The summed E-state index contributed by atoms with van der Waals surface area (Å²) in [4.78, 5) is 11.6. The van der Waals surface area contributed by atoms with Gasteiger partial charge in [-0.15, -0.1) is 0 Å². The molecule has 2 rings (SSSR count). The molecule has 1 heterocycles. The third-order valence-electron chi connectivity index (χ3n) is 2.91. The lowest BCUT2D eigenvalue weighted by molar-refractivity contribution is -0.123. The molecule has 0 saturated carbocycles. The van der Waals surface area contributed by atoms with Crippen molar-refractivity contribution in [2.75, 3.05) is 19.7 Å². The van der Waals surface area contributed by atoms with Gasteiger partial charge in [0.25, 0.3) is 5.92 Å². The van der Waals surface area contributed by atoms with Crippen LogP contribution >= 0.6 is 15.9 Å². The maximum absolute atomic E-state index is 12.9. The van der Waals surface area contributed by atoms with Gasteiger partial charge in [-0.1, -0.05) is 15.9 Å². The predicted octanol–water partition coefficient (Wildman–Crippen LogP) is 1.94. The van der Waals surface area contributed by atoms with Crippen molar-refractivity contribution in [1.29, 1.82) is 0 Å². The van der Waals surface area contributed by atoms with Gasteiger partial charge in [0, 0.05) is 10.9 Å². The highest BCUT2D eigenvalue weighted by Crippen LogP contribution is 2.24. The van der Waals surface area contributed by atoms with Crippen molar-refractivity contribution in [3.8, 4) is 5.75 Å². The first kappa shape index (κ1) is 15.2. The van der Waals surface area contributed by atoms with Crippen LogP contribution in [0.5, 0.6) is 5.75 Å². The van der Waals surface area contributed by atoms with Crippen LogP contribution in [0.2, 0.25) is 0 Å². The Balaban J connectivity index is 1.66. The van der Waals surface area contributed by atoms with Crippen molar-refractivity contribution in [1.82, 2.24) is 10.6 Å². The third-order valence-corrected chi connectivity index (χ3v) is 3.44. The second kappa shape index (κ2) is 6.49. The molecule has 0 radical (unpaired) electrons. The van der Waals surface area contributed by atoms with Crippen molar-refractivity contribution in [3.63, 3.8) is 0 Å². The number of alkyl halides is 2. The van der Waals surface area contributed by atoms with Gasteiger partial charge in [0.15, 0.2) is 0 Å². The molecule has 1 aliphatic heterocycles. The van der Waals surface area contributed by atoms with Gasteiger partial charge in [-0.25, -0.2) is 8.78 Å². The van der Waals surface area contributed by atoms with Crippen molar-refractivity contribution < 1.29 is 18.3 Å². The summed E-state index contributed by atoms with van der Waals surface area (Å²) in [6, 6.07) is 6.46. The highest BCUT2D eigenvalue weighted by Gasteiger charge is 2.42. The number of halogens is 3. The van der Waals surface area contributed by atoms with Crippen LogP contribution in [0.1, 0.15) is 6.42 Å². The maximum atomic E-state index is 12.9. The van der Waals surface area contributed by atoms with E-state index in [1.807, 2.05) is 12.1 Å². The summed E-state index contributed by atoms with van der Waals surface area (Å²) in [6.07, 6.45) is -0.452. The first-order chi connectivity index (χ1) is 9.46. The molecule has 2 N–H and O–H groups in total. The smallest absolute Gasteiger partial charge is 0.262 e. The van der Waals surface area contributed by atoms with Crippen LogP contribution in [0, 0.1) is 0 Å². The van der Waals surface area contributed by atoms with Gasteiger partial charge in [0.05, 0.1) is 19.1 Å². The van der Waals surface area contributed by atoms with E-state index in [1.54, 1.807) is 12.1 Å². The zero-order chi connectivity index (χ0) is 14.6. The molecule has 1 aromatic rings. The van der Waals surface area contributed by atoms with Gasteiger partial charge in [-0.3, -0.25) is 10.1 Å². The molecule has 110 valence electrons. The van der Waals surface area contributed by atoms with Gasteiger partial charge in [0.2, 0.25) is 5.91 Å². The molecule has 1 amide bonds. The fourth-order valence-electron chi connectivity index (χ4n) is 1.90. The van der Waals surface area contributed by atoms with Gasteiger partial charge in [0.1, 0.15) is 12.4 Å². The van der Waals surface area contributed by atoms with Crippen LogP contribution in [0.25, 0.3) is 0 Å². The zero-order valence-electron chi connectivity index (χ0n) is 10.7. The Morgan fingerprint density at radius 1 is 1.45 bits per heavy atom. The minimum absolute atomic E-state index is 0.276. The minimum Gasteiger partial charge on any atom is -0.492 e. The third kappa shape index (κ3) is 4.42. The Hall–Kier alpha value is -1.21. The van der Waals surface area contributed by atoms with E-state index < -0.39 is 30.8 Å². The number of hydrogen-bond donors (Lipinski definition) is 2. The standard InChI is InChI=1S/C13H15BrF2N2O2/c14-9-1-3-10(4-2-9)20-6-5-17-12(19)11-7-13(15,16)8-18-11/h1-4,11,18H,5-8H2,(H,17,19). The number of carbonyl (C=O) groups excluding carboxylic acids is 1. The number of carbonyl (C=O) groups is 1. The topological polar surface area (TPSA) is 50.4 Å². The Bertz CT molecular complexity index is 468. The Labute approximate surface area is 124 Å². The average molecular weight is 349 g/mol. The van der Waals surface area contributed by atoms with Crippen LogP contribution in [-0.2, 0) is 4.79 Å². The molecule has 0 bridgehead atoms. The highest BCUT2D eigenvalue weighted by atomic mass is 79.9. The maximum Gasteiger partial charge on any atom is 0.262 e. The van der Waals surface area contributed by atoms with E-state index in [0.717, 1.165) is 4.47 Å². The van der Waals surface area contributed by atoms with E-state index >= 15 is 0 Å². The summed E-state index contributed by atoms with van der Waals surface area (Å²) >= 11 is 3.31. The molecule has 4 nitrogen and oxygen atoms in total. The number of ether oxygens (including phenoxy) is 1. The van der Waals surface area contributed by atoms with Crippen LogP contribution in [-0.4, -0.2) is 37.6 Å². The molecule has 1 aliphatic rings. The quantitative estimate of drug-likeness (QED) is 0.799. The molecule has 20 heavy (non-hydrogen) atoms. The lowest BCUT2D eigenvalue weighted by Gasteiger charge is -2.11. The van der Waals surface area contributed by atoms with Crippen molar-refractivity contribution in [3.05, 3.63) is 28.7 Å². The summed E-state index contributed by atoms with van der Waals surface area (Å²) in [5.74, 6) is -2.52. The van der Waals surface area contributed by atoms with Crippen LogP contribution in [0.3, 0.4) is 0 Å². The van der Waals surface area contributed by atoms with Crippen molar-refractivity contribution in [2.24, 2.45) is 0 Å². The predicted molar refractivity (Wildman–Crippen MR) is 74.0 cm³/mol. The lowest BCUT2D eigenvalue weighted by atomic mass is 10.2. The monoisotopic (exact) mass is 348 g/mol. The molecule has 1 atom stereocenters. The average Bonchev–Trinajstić information content (AvgIpc) is 2.77. The van der Waals surface area contributed by atoms with Gasteiger partial charge in [-0.05, 0) is 24.3 Å². The van der Waals surface area contributed by atoms with Crippen molar-refractivity contribution in [2.45, 2.75) is 18.4 Å². The summed E-state index contributed by atoms with van der Waals surface area (Å²) in [5.41, 5.74) is 0. The van der Waals surface area contributed by atoms with Crippen LogP contribution in [0.15, 0.2) is 28.7 Å². The fourth-order valence-corrected chi connectivity index (χ4v) is 2.16. The minimum atomic E-state index is -2.80. The number of benzene rings is 1. The lowest BCUT2D eigenvalue weighted by Crippen LogP contribution is -2.41. The molecule has 1 unspecified atom stereocenters. The van der Waals surface area contributed by atoms with E-state index in [2.05, 4.69) is 26.6 Å². The van der Waals surface area contributed by atoms with E-state index in [0.29, 0.717) is 5.75 Å². The van der Waals surface area contributed by atoms with Gasteiger partial charge >= 0.3 is 0 Å². The molecule has 0 aliphatic carbocycles. The van der Waals surface area contributed by atoms with Gasteiger partial charge < -0.3 is 10.1 Å². The number of amides is 1. The molecule has 1 saturated heterocycles. The number of hydrogen-bond acceptors (Lipinski definition) is 3. The van der Waals surface area contributed by atoms with E-state index in [-0.39, 0.29) is 13.2 Å². The second-order valence-electron chi connectivity index (χ2n) is 4.59. The Kier molecular flexibility index (Phi) is 4.93. The zero-order valence-corrected chi connectivity index (χ0v) is 12.3. The second-order valence-corrected chi connectivity index (χ2v) is 5.50. The first-order valence-corrected chi connectivity index (χ1v) is 7.03. The highest BCUT2D eigenvalue weighted by molar-refractivity contribution is 9.10. The SMILES string of the molecule is O=C(NCCOc1ccc(Br)cc1)C1CC(F)(F)CN1. The van der Waals surface area contributed by atoms with E-state index in [9.17, 15) is 13.6 Å².